The molecule has 3 rings (SSSR count). The number of rotatable bonds is 4. The van der Waals surface area contributed by atoms with Crippen molar-refractivity contribution in [2.24, 2.45) is 0 Å². The van der Waals surface area contributed by atoms with Crippen LogP contribution < -0.4 is 5.32 Å². The van der Waals surface area contributed by atoms with Crippen molar-refractivity contribution >= 4 is 0 Å². The Labute approximate surface area is 122 Å². The van der Waals surface area contributed by atoms with Crippen LogP contribution in [0.5, 0.6) is 0 Å². The molecule has 1 aliphatic heterocycles. The molecule has 0 aromatic heterocycles. The maximum Gasteiger partial charge on any atom is 0.0697 e. The minimum Gasteiger partial charge on any atom is -0.375 e. The van der Waals surface area contributed by atoms with E-state index in [1.807, 2.05) is 0 Å². The molecule has 1 spiro atoms. The highest BCUT2D eigenvalue weighted by molar-refractivity contribution is 5.23. The Morgan fingerprint density at radius 1 is 1.25 bits per heavy atom. The van der Waals surface area contributed by atoms with Crippen LogP contribution in [0.15, 0.2) is 30.3 Å². The minimum absolute atomic E-state index is 0.187. The van der Waals surface area contributed by atoms with E-state index in [1.54, 1.807) is 0 Å². The molecule has 2 nitrogen and oxygen atoms in total. The van der Waals surface area contributed by atoms with Crippen LogP contribution in [0.25, 0.3) is 0 Å². The Hall–Kier alpha value is -0.860. The summed E-state index contributed by atoms with van der Waals surface area (Å²) in [6, 6.07) is 11.5. The van der Waals surface area contributed by atoms with E-state index in [4.69, 9.17) is 4.74 Å². The van der Waals surface area contributed by atoms with Gasteiger partial charge < -0.3 is 10.1 Å². The van der Waals surface area contributed by atoms with Crippen molar-refractivity contribution in [2.75, 3.05) is 13.2 Å². The summed E-state index contributed by atoms with van der Waals surface area (Å²) < 4.78 is 6.01. The van der Waals surface area contributed by atoms with Crippen LogP contribution in [0.1, 0.15) is 51.5 Å². The monoisotopic (exact) mass is 273 g/mol. The first-order valence-corrected chi connectivity index (χ1v) is 8.03. The van der Waals surface area contributed by atoms with Gasteiger partial charge in [0.1, 0.15) is 0 Å². The summed E-state index contributed by atoms with van der Waals surface area (Å²) in [5, 5.41) is 3.80. The molecule has 1 N–H and O–H groups in total. The first kappa shape index (κ1) is 14.1. The quantitative estimate of drug-likeness (QED) is 0.904. The van der Waals surface area contributed by atoms with Crippen LogP contribution in [0.2, 0.25) is 0 Å². The fourth-order valence-electron chi connectivity index (χ4n) is 3.51. The molecule has 1 saturated carbocycles. The Kier molecular flexibility index (Phi) is 3.87. The standard InChI is InChI=1S/C18H27NO/c1-17(2,15-7-4-3-5-8-15)14-19-16-9-12-20-18(13-16)10-6-11-18/h3-5,7-8,16,19H,6,9-14H2,1-2H3. The van der Waals surface area contributed by atoms with Gasteiger partial charge in [-0.3, -0.25) is 0 Å². The molecule has 1 aromatic carbocycles. The summed E-state index contributed by atoms with van der Waals surface area (Å²) in [6.07, 6.45) is 6.26. The molecule has 1 aromatic rings. The zero-order chi connectivity index (χ0) is 14.1. The first-order chi connectivity index (χ1) is 9.60. The van der Waals surface area contributed by atoms with E-state index in [2.05, 4.69) is 49.5 Å². The lowest BCUT2D eigenvalue weighted by Crippen LogP contribution is -2.52. The van der Waals surface area contributed by atoms with E-state index in [0.29, 0.717) is 6.04 Å². The van der Waals surface area contributed by atoms with Crippen LogP contribution in [0.3, 0.4) is 0 Å². The van der Waals surface area contributed by atoms with Crippen LogP contribution in [0, 0.1) is 0 Å². The predicted molar refractivity (Wildman–Crippen MR) is 83.0 cm³/mol. The Balaban J connectivity index is 1.56. The molecule has 2 fully saturated rings. The zero-order valence-corrected chi connectivity index (χ0v) is 12.8. The highest BCUT2D eigenvalue weighted by Gasteiger charge is 2.42. The molecular weight excluding hydrogens is 246 g/mol. The van der Waals surface area contributed by atoms with Crippen LogP contribution >= 0.6 is 0 Å². The van der Waals surface area contributed by atoms with Crippen molar-refractivity contribution in [1.82, 2.24) is 5.32 Å². The lowest BCUT2D eigenvalue weighted by atomic mass is 9.73. The number of benzene rings is 1. The van der Waals surface area contributed by atoms with Gasteiger partial charge in [0.15, 0.2) is 0 Å². The molecule has 1 unspecified atom stereocenters. The van der Waals surface area contributed by atoms with Gasteiger partial charge in [0.2, 0.25) is 0 Å². The van der Waals surface area contributed by atoms with Crippen LogP contribution in [-0.2, 0) is 10.2 Å². The van der Waals surface area contributed by atoms with E-state index >= 15 is 0 Å². The van der Waals surface area contributed by atoms with Gasteiger partial charge in [0.05, 0.1) is 5.60 Å². The molecule has 1 atom stereocenters. The summed E-state index contributed by atoms with van der Waals surface area (Å²) >= 11 is 0. The third-order valence-corrected chi connectivity index (χ3v) is 5.15. The molecule has 1 saturated heterocycles. The van der Waals surface area contributed by atoms with Crippen molar-refractivity contribution in [3.05, 3.63) is 35.9 Å². The van der Waals surface area contributed by atoms with Gasteiger partial charge >= 0.3 is 0 Å². The van der Waals surface area contributed by atoms with Gasteiger partial charge in [-0.1, -0.05) is 44.2 Å². The molecule has 0 radical (unpaired) electrons. The Morgan fingerprint density at radius 3 is 2.65 bits per heavy atom. The van der Waals surface area contributed by atoms with Gasteiger partial charge in [-0.05, 0) is 37.7 Å². The summed E-state index contributed by atoms with van der Waals surface area (Å²) in [4.78, 5) is 0. The highest BCUT2D eigenvalue weighted by atomic mass is 16.5. The van der Waals surface area contributed by atoms with E-state index in [-0.39, 0.29) is 11.0 Å². The molecule has 2 aliphatic rings. The van der Waals surface area contributed by atoms with Crippen molar-refractivity contribution < 1.29 is 4.74 Å². The van der Waals surface area contributed by atoms with Crippen LogP contribution in [0.4, 0.5) is 0 Å². The average molecular weight is 273 g/mol. The Morgan fingerprint density at radius 2 is 2.00 bits per heavy atom. The third kappa shape index (κ3) is 2.91. The summed E-state index contributed by atoms with van der Waals surface area (Å²) in [5.41, 5.74) is 1.84. The van der Waals surface area contributed by atoms with Gasteiger partial charge in [-0.2, -0.15) is 0 Å². The molecule has 1 heterocycles. The first-order valence-electron chi connectivity index (χ1n) is 8.03. The summed E-state index contributed by atoms with van der Waals surface area (Å²) in [7, 11) is 0. The van der Waals surface area contributed by atoms with Gasteiger partial charge in [-0.25, -0.2) is 0 Å². The zero-order valence-electron chi connectivity index (χ0n) is 12.8. The molecule has 0 amide bonds. The second-order valence-corrected chi connectivity index (χ2v) is 7.21. The maximum atomic E-state index is 6.01. The topological polar surface area (TPSA) is 21.3 Å². The summed E-state index contributed by atoms with van der Waals surface area (Å²) in [5.74, 6) is 0. The van der Waals surface area contributed by atoms with Crippen molar-refractivity contribution in [2.45, 2.75) is 63.0 Å². The predicted octanol–water partition coefficient (Wildman–Crippen LogP) is 3.66. The average Bonchev–Trinajstić information content (AvgIpc) is 2.45. The Bertz CT molecular complexity index is 436. The fraction of sp³-hybridized carbons (Fsp3) is 0.667. The number of hydrogen-bond acceptors (Lipinski definition) is 2. The van der Waals surface area contributed by atoms with Crippen molar-refractivity contribution in [1.29, 1.82) is 0 Å². The SMILES string of the molecule is CC(C)(CNC1CCOC2(CCC2)C1)c1ccccc1. The minimum atomic E-state index is 0.187. The highest BCUT2D eigenvalue weighted by Crippen LogP contribution is 2.42. The van der Waals surface area contributed by atoms with Crippen LogP contribution in [-0.4, -0.2) is 24.8 Å². The lowest BCUT2D eigenvalue weighted by Gasteiger charge is -2.47. The molecule has 20 heavy (non-hydrogen) atoms. The second kappa shape index (κ2) is 5.50. The van der Waals surface area contributed by atoms with Gasteiger partial charge in [-0.15, -0.1) is 0 Å². The number of hydrogen-bond donors (Lipinski definition) is 1. The lowest BCUT2D eigenvalue weighted by molar-refractivity contribution is -0.135. The molecule has 1 aliphatic carbocycles. The fourth-order valence-corrected chi connectivity index (χ4v) is 3.51. The smallest absolute Gasteiger partial charge is 0.0697 e. The van der Waals surface area contributed by atoms with Gasteiger partial charge in [0.25, 0.3) is 0 Å². The number of ether oxygens (including phenoxy) is 1. The molecule has 0 bridgehead atoms. The van der Waals surface area contributed by atoms with E-state index < -0.39 is 0 Å². The van der Waals surface area contributed by atoms with E-state index in [1.165, 1.54) is 31.2 Å². The number of nitrogens with one attached hydrogen (secondary N) is 1. The maximum absolute atomic E-state index is 6.01. The van der Waals surface area contributed by atoms with E-state index in [0.717, 1.165) is 19.6 Å². The van der Waals surface area contributed by atoms with E-state index in [9.17, 15) is 0 Å². The largest absolute Gasteiger partial charge is 0.375 e. The third-order valence-electron chi connectivity index (χ3n) is 5.15. The molecular formula is C18H27NO. The molecule has 110 valence electrons. The normalized spacial score (nSPS) is 25.4. The molecule has 2 heteroatoms. The second-order valence-electron chi connectivity index (χ2n) is 7.21. The van der Waals surface area contributed by atoms with Crippen molar-refractivity contribution in [3.63, 3.8) is 0 Å². The van der Waals surface area contributed by atoms with Gasteiger partial charge in [0, 0.05) is 24.6 Å². The summed E-state index contributed by atoms with van der Waals surface area (Å²) in [6.45, 7) is 6.63. The van der Waals surface area contributed by atoms with Crippen molar-refractivity contribution in [3.8, 4) is 0 Å².